The molecule has 0 heterocycles. The van der Waals surface area contributed by atoms with Crippen LogP contribution in [0.25, 0.3) is 0 Å². The Kier molecular flexibility index (Phi) is 9.10. The van der Waals surface area contributed by atoms with Crippen LogP contribution >= 0.6 is 0 Å². The Bertz CT molecular complexity index is 907. The van der Waals surface area contributed by atoms with Gasteiger partial charge in [-0.1, -0.05) is 95.3 Å². The van der Waals surface area contributed by atoms with Crippen LogP contribution in [-0.4, -0.2) is 32.3 Å². The summed E-state index contributed by atoms with van der Waals surface area (Å²) in [5.74, 6) is -2.64. The van der Waals surface area contributed by atoms with Gasteiger partial charge in [0.1, 0.15) is 11.6 Å². The molecular weight excluding hydrogens is 428 g/mol. The van der Waals surface area contributed by atoms with Gasteiger partial charge in [0, 0.05) is 18.9 Å². The van der Waals surface area contributed by atoms with Crippen LogP contribution in [-0.2, 0) is 18.8 Å². The molecule has 0 saturated carbocycles. The molecule has 0 fully saturated rings. The van der Waals surface area contributed by atoms with Crippen molar-refractivity contribution in [3.8, 4) is 0 Å². The summed E-state index contributed by atoms with van der Waals surface area (Å²) in [7, 11) is -2.76. The maximum Gasteiger partial charge on any atom is 0.261 e. The first-order valence-electron chi connectivity index (χ1n) is 11.8. The Hall–Kier alpha value is -2.37. The summed E-state index contributed by atoms with van der Waals surface area (Å²) in [6.45, 7) is 13.6. The first kappa shape index (κ1) is 26.9. The van der Waals surface area contributed by atoms with Crippen LogP contribution in [0.1, 0.15) is 54.9 Å². The van der Waals surface area contributed by atoms with Crippen molar-refractivity contribution in [2.75, 3.05) is 6.61 Å². The van der Waals surface area contributed by atoms with Crippen molar-refractivity contribution in [1.29, 1.82) is 0 Å². The molecule has 0 N–H and O–H groups in total. The molecule has 0 aliphatic carbocycles. The number of hydrogen-bond acceptors (Lipinski definition) is 4. The lowest BCUT2D eigenvalue weighted by atomic mass is 9.85. The number of hydrogen-bond donors (Lipinski definition) is 0. The Balaban J connectivity index is 2.36. The van der Waals surface area contributed by atoms with Crippen LogP contribution in [0.15, 0.2) is 60.7 Å². The molecule has 4 nitrogen and oxygen atoms in total. The van der Waals surface area contributed by atoms with Gasteiger partial charge in [0.15, 0.2) is 5.78 Å². The lowest BCUT2D eigenvalue weighted by Gasteiger charge is -2.43. The van der Waals surface area contributed by atoms with E-state index in [2.05, 4.69) is 45.0 Å². The number of benzene rings is 2. The standard InChI is InChI=1S/C28H38O4Si/c1-8-25(29)21(3)27(31)22(4)26(30)20(2)19-32-33(28(5,6)7,23-15-11-9-12-16-23)24-17-13-10-14-18-24/h9-18,20-22H,8,19H2,1-7H3/t20-,21?,22?/m0/s1. The van der Waals surface area contributed by atoms with E-state index >= 15 is 0 Å². The van der Waals surface area contributed by atoms with E-state index in [-0.39, 0.29) is 29.0 Å². The minimum absolute atomic E-state index is 0.129. The molecule has 178 valence electrons. The molecule has 5 heteroatoms. The maximum atomic E-state index is 13.1. The zero-order valence-corrected chi connectivity index (χ0v) is 22.1. The fraction of sp³-hybridized carbons (Fsp3) is 0.464. The molecule has 0 aliphatic rings. The minimum Gasteiger partial charge on any atom is -0.407 e. The van der Waals surface area contributed by atoms with E-state index < -0.39 is 26.1 Å². The highest BCUT2D eigenvalue weighted by atomic mass is 28.4. The van der Waals surface area contributed by atoms with Crippen LogP contribution in [0.4, 0.5) is 0 Å². The summed E-state index contributed by atoms with van der Waals surface area (Å²) in [5, 5.41) is 2.10. The van der Waals surface area contributed by atoms with Gasteiger partial charge in [-0.2, -0.15) is 0 Å². The number of Topliss-reactive ketones (excluding diaryl/α,β-unsaturated/α-hetero) is 3. The van der Waals surface area contributed by atoms with Crippen LogP contribution in [0.2, 0.25) is 5.04 Å². The number of carbonyl (C=O) groups excluding carboxylic acids is 3. The molecule has 2 aromatic rings. The Morgan fingerprint density at radius 1 is 0.788 bits per heavy atom. The first-order valence-corrected chi connectivity index (χ1v) is 13.7. The third-order valence-corrected chi connectivity index (χ3v) is 11.6. The van der Waals surface area contributed by atoms with Gasteiger partial charge in [0.25, 0.3) is 8.32 Å². The van der Waals surface area contributed by atoms with Crippen molar-refractivity contribution in [2.45, 2.75) is 59.9 Å². The molecule has 2 rings (SSSR count). The second kappa shape index (κ2) is 11.2. The second-order valence-corrected chi connectivity index (χ2v) is 14.2. The van der Waals surface area contributed by atoms with Crippen LogP contribution in [0.3, 0.4) is 0 Å². The highest BCUT2D eigenvalue weighted by Crippen LogP contribution is 2.37. The van der Waals surface area contributed by atoms with Gasteiger partial charge in [-0.3, -0.25) is 14.4 Å². The fourth-order valence-electron chi connectivity index (χ4n) is 4.50. The third-order valence-electron chi connectivity index (χ3n) is 6.56. The van der Waals surface area contributed by atoms with Crippen molar-refractivity contribution in [3.63, 3.8) is 0 Å². The van der Waals surface area contributed by atoms with Crippen molar-refractivity contribution in [1.82, 2.24) is 0 Å². The van der Waals surface area contributed by atoms with E-state index in [4.69, 9.17) is 4.43 Å². The van der Waals surface area contributed by atoms with Crippen molar-refractivity contribution < 1.29 is 18.8 Å². The van der Waals surface area contributed by atoms with Crippen molar-refractivity contribution >= 4 is 36.0 Å². The Labute approximate surface area is 199 Å². The fourth-order valence-corrected chi connectivity index (χ4v) is 9.16. The zero-order chi connectivity index (χ0) is 24.8. The molecule has 0 spiro atoms. The lowest BCUT2D eigenvalue weighted by molar-refractivity contribution is -0.139. The summed E-state index contributed by atoms with van der Waals surface area (Å²) in [4.78, 5) is 37.8. The smallest absolute Gasteiger partial charge is 0.261 e. The Morgan fingerprint density at radius 2 is 1.24 bits per heavy atom. The summed E-state index contributed by atoms with van der Waals surface area (Å²) in [5.41, 5.74) is 0. The SMILES string of the molecule is CCC(=O)C(C)C(=O)C(C)C(=O)[C@@H](C)CO[Si](c1ccccc1)(c1ccccc1)C(C)(C)C. The quantitative estimate of drug-likeness (QED) is 0.359. The van der Waals surface area contributed by atoms with E-state index in [1.54, 1.807) is 20.8 Å². The van der Waals surface area contributed by atoms with E-state index in [1.807, 2.05) is 43.3 Å². The molecule has 0 amide bonds. The third kappa shape index (κ3) is 5.77. The summed E-state index contributed by atoms with van der Waals surface area (Å²) < 4.78 is 6.85. The van der Waals surface area contributed by atoms with Gasteiger partial charge >= 0.3 is 0 Å². The highest BCUT2D eigenvalue weighted by molar-refractivity contribution is 6.99. The van der Waals surface area contributed by atoms with Gasteiger partial charge in [0.05, 0.1) is 11.8 Å². The summed E-state index contributed by atoms with van der Waals surface area (Å²) >= 11 is 0. The van der Waals surface area contributed by atoms with E-state index in [9.17, 15) is 14.4 Å². The largest absolute Gasteiger partial charge is 0.407 e. The number of carbonyl (C=O) groups is 3. The molecule has 2 unspecified atom stereocenters. The monoisotopic (exact) mass is 466 g/mol. The predicted molar refractivity (Wildman–Crippen MR) is 136 cm³/mol. The van der Waals surface area contributed by atoms with Gasteiger partial charge < -0.3 is 4.43 Å². The highest BCUT2D eigenvalue weighted by Gasteiger charge is 2.50. The maximum absolute atomic E-state index is 13.1. The minimum atomic E-state index is -2.76. The van der Waals surface area contributed by atoms with Gasteiger partial charge in [-0.15, -0.1) is 0 Å². The van der Waals surface area contributed by atoms with Gasteiger partial charge in [0.2, 0.25) is 0 Å². The second-order valence-electron chi connectivity index (χ2n) is 9.94. The van der Waals surface area contributed by atoms with Crippen LogP contribution < -0.4 is 10.4 Å². The predicted octanol–water partition coefficient (Wildman–Crippen LogP) is 4.59. The van der Waals surface area contributed by atoms with Crippen LogP contribution in [0, 0.1) is 17.8 Å². The summed E-state index contributed by atoms with van der Waals surface area (Å²) in [6.07, 6.45) is 0.292. The number of rotatable bonds is 11. The van der Waals surface area contributed by atoms with Gasteiger partial charge in [-0.25, -0.2) is 0 Å². The molecule has 0 bridgehead atoms. The zero-order valence-electron chi connectivity index (χ0n) is 21.1. The van der Waals surface area contributed by atoms with Crippen molar-refractivity contribution in [3.05, 3.63) is 60.7 Å². The average molecular weight is 467 g/mol. The molecule has 0 aromatic heterocycles. The molecule has 2 aromatic carbocycles. The molecule has 0 saturated heterocycles. The molecular formula is C28H38O4Si. The van der Waals surface area contributed by atoms with E-state index in [0.29, 0.717) is 6.42 Å². The van der Waals surface area contributed by atoms with Crippen LogP contribution in [0.5, 0.6) is 0 Å². The number of ketones is 3. The normalized spacial score (nSPS) is 14.9. The molecule has 0 aliphatic heterocycles. The first-order chi connectivity index (χ1) is 15.5. The van der Waals surface area contributed by atoms with E-state index in [0.717, 1.165) is 10.4 Å². The Morgan fingerprint density at radius 3 is 1.64 bits per heavy atom. The van der Waals surface area contributed by atoms with Gasteiger partial charge in [-0.05, 0) is 29.3 Å². The average Bonchev–Trinajstić information content (AvgIpc) is 2.82. The molecule has 33 heavy (non-hydrogen) atoms. The molecule has 0 radical (unpaired) electrons. The summed E-state index contributed by atoms with van der Waals surface area (Å²) in [6, 6.07) is 20.5. The van der Waals surface area contributed by atoms with Crippen molar-refractivity contribution in [2.24, 2.45) is 17.8 Å². The lowest BCUT2D eigenvalue weighted by Crippen LogP contribution is -2.67. The molecule has 3 atom stereocenters. The van der Waals surface area contributed by atoms with E-state index in [1.165, 1.54) is 0 Å². The topological polar surface area (TPSA) is 60.4 Å².